The van der Waals surface area contributed by atoms with Crippen molar-refractivity contribution in [1.82, 2.24) is 0 Å². The van der Waals surface area contributed by atoms with E-state index in [0.717, 1.165) is 0 Å². The molecule has 1 N–H and O–H groups in total. The normalized spacial score (nSPS) is 12.3. The molecule has 0 aliphatic carbocycles. The average Bonchev–Trinajstić information content (AvgIpc) is 2.18. The van der Waals surface area contributed by atoms with Gasteiger partial charge in [-0.05, 0) is 24.3 Å². The molecule has 0 saturated carbocycles. The maximum atomic E-state index is 11.4. The second-order valence-corrected chi connectivity index (χ2v) is 4.27. The predicted molar refractivity (Wildman–Crippen MR) is 56.1 cm³/mol. The maximum absolute atomic E-state index is 11.4. The Labute approximate surface area is 94.5 Å². The number of carbonyl (C=O) groups is 1. The highest BCUT2D eigenvalue weighted by molar-refractivity contribution is 7.80. The summed E-state index contributed by atoms with van der Waals surface area (Å²) in [5, 5.41) is 8.88. The molecule has 6 heteroatoms. The van der Waals surface area contributed by atoms with Gasteiger partial charge in [0, 0.05) is 5.02 Å². The van der Waals surface area contributed by atoms with E-state index >= 15 is 0 Å². The molecular weight excluding hydrogens is 240 g/mol. The topological polar surface area (TPSA) is 63.6 Å². The van der Waals surface area contributed by atoms with Crippen LogP contribution in [-0.4, -0.2) is 21.9 Å². The van der Waals surface area contributed by atoms with Gasteiger partial charge in [-0.3, -0.25) is 8.98 Å². The van der Waals surface area contributed by atoms with Crippen molar-refractivity contribution in [1.29, 1.82) is 0 Å². The van der Waals surface area contributed by atoms with Crippen LogP contribution in [0.25, 0.3) is 0 Å². The Morgan fingerprint density at radius 2 is 2.00 bits per heavy atom. The van der Waals surface area contributed by atoms with E-state index in [2.05, 4.69) is 0 Å². The van der Waals surface area contributed by atoms with Crippen LogP contribution in [0.5, 0.6) is 0 Å². The van der Waals surface area contributed by atoms with E-state index in [1.165, 1.54) is 0 Å². The summed E-state index contributed by atoms with van der Waals surface area (Å²) in [4.78, 5) is 10.6. The quantitative estimate of drug-likeness (QED) is 0.864. The minimum absolute atomic E-state index is 0.0788. The van der Waals surface area contributed by atoms with Crippen molar-refractivity contribution in [2.45, 2.75) is 11.3 Å². The molecule has 0 radical (unpaired) electrons. The molecule has 0 aliphatic heterocycles. The van der Waals surface area contributed by atoms with Gasteiger partial charge in [-0.1, -0.05) is 11.6 Å². The van der Waals surface area contributed by atoms with Gasteiger partial charge in [-0.25, -0.2) is 4.21 Å². The van der Waals surface area contributed by atoms with Crippen LogP contribution in [0.2, 0.25) is 5.02 Å². The molecule has 0 fully saturated rings. The molecule has 0 bridgehead atoms. The molecule has 15 heavy (non-hydrogen) atoms. The second kappa shape index (κ2) is 5.85. The van der Waals surface area contributed by atoms with Gasteiger partial charge in [0.2, 0.25) is 0 Å². The fraction of sp³-hybridized carbons (Fsp3) is 0.222. The van der Waals surface area contributed by atoms with Crippen LogP contribution in [0.15, 0.2) is 29.2 Å². The lowest BCUT2D eigenvalue weighted by molar-refractivity contribution is -0.137. The number of rotatable bonds is 5. The average molecular weight is 249 g/mol. The molecular formula is C9H9ClO4S. The summed E-state index contributed by atoms with van der Waals surface area (Å²) in [6, 6.07) is 6.32. The lowest BCUT2D eigenvalue weighted by Gasteiger charge is -2.01. The van der Waals surface area contributed by atoms with Crippen LogP contribution in [0.1, 0.15) is 6.42 Å². The summed E-state index contributed by atoms with van der Waals surface area (Å²) in [5.41, 5.74) is 0. The molecule has 82 valence electrons. The van der Waals surface area contributed by atoms with E-state index in [0.29, 0.717) is 9.92 Å². The molecule has 1 unspecified atom stereocenters. The Morgan fingerprint density at radius 1 is 1.40 bits per heavy atom. The Hall–Kier alpha value is -0.910. The summed E-state index contributed by atoms with van der Waals surface area (Å²) < 4.78 is 16.2. The van der Waals surface area contributed by atoms with Crippen LogP contribution in [-0.2, 0) is 20.1 Å². The standard InChI is InChI=1S/C9H9ClO4S/c10-7-1-3-8(4-2-7)15(13)14-6-5-9(11)12/h1-4H,5-6H2,(H,11,12). The van der Waals surface area contributed by atoms with Crippen LogP contribution in [0.4, 0.5) is 0 Å². The molecule has 0 aromatic heterocycles. The molecule has 1 rings (SSSR count). The highest BCUT2D eigenvalue weighted by atomic mass is 35.5. The van der Waals surface area contributed by atoms with Gasteiger partial charge in [0.15, 0.2) is 11.1 Å². The predicted octanol–water partition coefficient (Wildman–Crippen LogP) is 1.85. The van der Waals surface area contributed by atoms with Crippen LogP contribution >= 0.6 is 11.6 Å². The van der Waals surface area contributed by atoms with Gasteiger partial charge in [0.25, 0.3) is 0 Å². The molecule has 4 nitrogen and oxygen atoms in total. The number of hydrogen-bond donors (Lipinski definition) is 1. The lowest BCUT2D eigenvalue weighted by atomic mass is 10.4. The third-order valence-corrected chi connectivity index (χ3v) is 2.80. The summed E-state index contributed by atoms with van der Waals surface area (Å²) >= 11 is 4.01. The monoisotopic (exact) mass is 248 g/mol. The van der Waals surface area contributed by atoms with E-state index in [9.17, 15) is 9.00 Å². The van der Waals surface area contributed by atoms with Crippen molar-refractivity contribution >= 4 is 28.7 Å². The molecule has 0 spiro atoms. The Morgan fingerprint density at radius 3 is 2.53 bits per heavy atom. The number of halogens is 1. The number of carboxylic acid groups (broad SMARTS) is 1. The van der Waals surface area contributed by atoms with Gasteiger partial charge in [0.05, 0.1) is 17.9 Å². The van der Waals surface area contributed by atoms with Crippen molar-refractivity contribution in [3.63, 3.8) is 0 Å². The van der Waals surface area contributed by atoms with Crippen molar-refractivity contribution < 1.29 is 18.3 Å². The smallest absolute Gasteiger partial charge is 0.305 e. The first-order valence-corrected chi connectivity index (χ1v) is 5.57. The molecule has 1 atom stereocenters. The summed E-state index contributed by atoms with van der Waals surface area (Å²) in [5.74, 6) is -0.983. The second-order valence-electron chi connectivity index (χ2n) is 2.65. The van der Waals surface area contributed by atoms with Crippen molar-refractivity contribution in [3.8, 4) is 0 Å². The van der Waals surface area contributed by atoms with E-state index < -0.39 is 17.0 Å². The van der Waals surface area contributed by atoms with Crippen LogP contribution in [0.3, 0.4) is 0 Å². The highest BCUT2D eigenvalue weighted by Crippen LogP contribution is 2.13. The minimum atomic E-state index is -1.63. The number of hydrogen-bond acceptors (Lipinski definition) is 3. The third-order valence-electron chi connectivity index (χ3n) is 1.51. The summed E-state index contributed by atoms with van der Waals surface area (Å²) in [6.45, 7) is -0.0788. The Bertz CT molecular complexity index is 363. The van der Waals surface area contributed by atoms with E-state index in [4.69, 9.17) is 20.9 Å². The van der Waals surface area contributed by atoms with Crippen molar-refractivity contribution in [2.75, 3.05) is 6.61 Å². The molecule has 1 aromatic rings. The zero-order chi connectivity index (χ0) is 11.3. The van der Waals surface area contributed by atoms with Crippen molar-refractivity contribution in [3.05, 3.63) is 29.3 Å². The Balaban J connectivity index is 2.47. The minimum Gasteiger partial charge on any atom is -0.481 e. The lowest BCUT2D eigenvalue weighted by Crippen LogP contribution is -2.05. The summed E-state index contributed by atoms with van der Waals surface area (Å²) in [7, 11) is 0. The van der Waals surface area contributed by atoms with Gasteiger partial charge >= 0.3 is 5.97 Å². The van der Waals surface area contributed by atoms with E-state index in [1.807, 2.05) is 0 Å². The number of carboxylic acids is 1. The Kier molecular flexibility index (Phi) is 4.74. The molecule has 0 heterocycles. The van der Waals surface area contributed by atoms with E-state index in [1.54, 1.807) is 24.3 Å². The zero-order valence-electron chi connectivity index (χ0n) is 7.68. The first-order chi connectivity index (χ1) is 7.09. The maximum Gasteiger partial charge on any atom is 0.305 e. The van der Waals surface area contributed by atoms with Gasteiger partial charge in [0.1, 0.15) is 0 Å². The summed E-state index contributed by atoms with van der Waals surface area (Å²) in [6.07, 6.45) is -0.167. The van der Waals surface area contributed by atoms with Crippen LogP contribution in [0, 0.1) is 0 Å². The molecule has 1 aromatic carbocycles. The van der Waals surface area contributed by atoms with Gasteiger partial charge in [-0.15, -0.1) is 0 Å². The van der Waals surface area contributed by atoms with E-state index in [-0.39, 0.29) is 13.0 Å². The zero-order valence-corrected chi connectivity index (χ0v) is 9.25. The third kappa shape index (κ3) is 4.42. The SMILES string of the molecule is O=C(O)CCOS(=O)c1ccc(Cl)cc1. The van der Waals surface area contributed by atoms with Gasteiger partial charge in [-0.2, -0.15) is 0 Å². The van der Waals surface area contributed by atoms with Crippen LogP contribution < -0.4 is 0 Å². The highest BCUT2D eigenvalue weighted by Gasteiger charge is 2.05. The van der Waals surface area contributed by atoms with Crippen molar-refractivity contribution in [2.24, 2.45) is 0 Å². The fourth-order valence-corrected chi connectivity index (χ4v) is 1.67. The largest absolute Gasteiger partial charge is 0.481 e. The molecule has 0 aliphatic rings. The number of aliphatic carboxylic acids is 1. The first-order valence-electron chi connectivity index (χ1n) is 4.12. The molecule has 0 saturated heterocycles. The fourth-order valence-electron chi connectivity index (χ4n) is 0.818. The molecule has 0 amide bonds. The van der Waals surface area contributed by atoms with Gasteiger partial charge < -0.3 is 5.11 Å². The first kappa shape index (κ1) is 12.2. The number of benzene rings is 1.